The fourth-order valence-electron chi connectivity index (χ4n) is 3.47. The van der Waals surface area contributed by atoms with Crippen LogP contribution in [0.2, 0.25) is 0 Å². The molecule has 4 rings (SSSR count). The predicted octanol–water partition coefficient (Wildman–Crippen LogP) is 2.90. The average molecular weight is 370 g/mol. The van der Waals surface area contributed by atoms with Crippen LogP contribution in [-0.2, 0) is 11.8 Å². The summed E-state index contributed by atoms with van der Waals surface area (Å²) < 4.78 is 1.68. The van der Waals surface area contributed by atoms with Crippen LogP contribution in [0.15, 0.2) is 18.6 Å². The topological polar surface area (TPSA) is 75.9 Å². The lowest BCUT2D eigenvalue weighted by Gasteiger charge is -2.32. The summed E-state index contributed by atoms with van der Waals surface area (Å²) >= 11 is 1.71. The molecule has 3 aromatic heterocycles. The van der Waals surface area contributed by atoms with E-state index in [0.29, 0.717) is 5.82 Å². The molecule has 1 saturated heterocycles. The van der Waals surface area contributed by atoms with Crippen molar-refractivity contribution in [1.82, 2.24) is 19.7 Å². The maximum absolute atomic E-state index is 12.5. The minimum Gasteiger partial charge on any atom is -0.356 e. The zero-order valence-corrected chi connectivity index (χ0v) is 16.0. The van der Waals surface area contributed by atoms with Gasteiger partial charge < -0.3 is 10.2 Å². The summed E-state index contributed by atoms with van der Waals surface area (Å²) in [5.74, 6) is 1.68. The van der Waals surface area contributed by atoms with Crippen LogP contribution in [-0.4, -0.2) is 38.7 Å². The molecule has 0 unspecified atom stereocenters. The third-order valence-electron chi connectivity index (χ3n) is 5.08. The molecular formula is C18H22N6OS. The SMILES string of the molecule is Cc1sc2ncnc(N3CCC(C(=O)Nc4ccn(C)n4)CC3)c2c1C. The van der Waals surface area contributed by atoms with Crippen molar-refractivity contribution in [2.45, 2.75) is 26.7 Å². The molecule has 1 aliphatic rings. The van der Waals surface area contributed by atoms with Gasteiger partial charge in [0, 0.05) is 43.2 Å². The first kappa shape index (κ1) is 17.0. The maximum atomic E-state index is 12.5. The molecule has 0 atom stereocenters. The molecule has 0 bridgehead atoms. The van der Waals surface area contributed by atoms with E-state index in [-0.39, 0.29) is 11.8 Å². The van der Waals surface area contributed by atoms with E-state index < -0.39 is 0 Å². The monoisotopic (exact) mass is 370 g/mol. The van der Waals surface area contributed by atoms with Crippen molar-refractivity contribution in [3.05, 3.63) is 29.0 Å². The molecule has 1 amide bonds. The fourth-order valence-corrected chi connectivity index (χ4v) is 4.46. The van der Waals surface area contributed by atoms with Crippen molar-refractivity contribution in [1.29, 1.82) is 0 Å². The van der Waals surface area contributed by atoms with Gasteiger partial charge in [-0.15, -0.1) is 11.3 Å². The van der Waals surface area contributed by atoms with Gasteiger partial charge in [-0.25, -0.2) is 9.97 Å². The Morgan fingerprint density at radius 1 is 1.27 bits per heavy atom. The van der Waals surface area contributed by atoms with E-state index in [9.17, 15) is 4.79 Å². The second kappa shape index (κ2) is 6.68. The summed E-state index contributed by atoms with van der Waals surface area (Å²) in [6.45, 7) is 5.90. The quantitative estimate of drug-likeness (QED) is 0.767. The highest BCUT2D eigenvalue weighted by atomic mass is 32.1. The molecule has 8 heteroatoms. The standard InChI is InChI=1S/C18H22N6OS/c1-11-12(2)26-18-15(11)16(19-10-20-18)24-8-4-13(5-9-24)17(25)21-14-6-7-23(3)22-14/h6-7,10,13H,4-5,8-9H2,1-3H3,(H,21,22,25). The first-order valence-electron chi connectivity index (χ1n) is 8.79. The Balaban J connectivity index is 1.46. The molecule has 4 heterocycles. The van der Waals surface area contributed by atoms with Crippen molar-refractivity contribution in [3.8, 4) is 0 Å². The van der Waals surface area contributed by atoms with Gasteiger partial charge in [0.2, 0.25) is 5.91 Å². The average Bonchev–Trinajstić information content (AvgIpc) is 3.18. The van der Waals surface area contributed by atoms with Crippen molar-refractivity contribution in [2.75, 3.05) is 23.3 Å². The molecule has 1 N–H and O–H groups in total. The number of thiophene rings is 1. The highest BCUT2D eigenvalue weighted by Crippen LogP contribution is 2.35. The number of anilines is 2. The minimum absolute atomic E-state index is 0.0101. The van der Waals surface area contributed by atoms with Gasteiger partial charge in [0.25, 0.3) is 0 Å². The molecule has 3 aromatic rings. The van der Waals surface area contributed by atoms with Crippen LogP contribution in [0.25, 0.3) is 10.2 Å². The molecule has 26 heavy (non-hydrogen) atoms. The van der Waals surface area contributed by atoms with Crippen LogP contribution >= 0.6 is 11.3 Å². The molecule has 0 spiro atoms. The van der Waals surface area contributed by atoms with Gasteiger partial charge in [-0.2, -0.15) is 5.10 Å². The zero-order chi connectivity index (χ0) is 18.3. The third-order valence-corrected chi connectivity index (χ3v) is 6.19. The van der Waals surface area contributed by atoms with Gasteiger partial charge in [0.05, 0.1) is 5.39 Å². The van der Waals surface area contributed by atoms with Gasteiger partial charge in [0.15, 0.2) is 5.82 Å². The number of hydrogen-bond donors (Lipinski definition) is 1. The number of nitrogens with zero attached hydrogens (tertiary/aromatic N) is 5. The molecule has 0 saturated carbocycles. The Bertz CT molecular complexity index is 954. The van der Waals surface area contributed by atoms with E-state index >= 15 is 0 Å². The van der Waals surface area contributed by atoms with Crippen molar-refractivity contribution < 1.29 is 4.79 Å². The molecule has 136 valence electrons. The number of aryl methyl sites for hydroxylation is 3. The summed E-state index contributed by atoms with van der Waals surface area (Å²) in [6, 6.07) is 1.81. The first-order valence-corrected chi connectivity index (χ1v) is 9.60. The van der Waals surface area contributed by atoms with E-state index in [1.165, 1.54) is 10.4 Å². The first-order chi connectivity index (χ1) is 12.5. The fraction of sp³-hybridized carbons (Fsp3) is 0.444. The van der Waals surface area contributed by atoms with Gasteiger partial charge in [-0.3, -0.25) is 9.48 Å². The molecule has 1 fully saturated rings. The van der Waals surface area contributed by atoms with Crippen LogP contribution in [0.4, 0.5) is 11.6 Å². The summed E-state index contributed by atoms with van der Waals surface area (Å²) in [4.78, 5) is 26.1. The van der Waals surface area contributed by atoms with Gasteiger partial charge in [0.1, 0.15) is 17.0 Å². The van der Waals surface area contributed by atoms with Crippen molar-refractivity contribution in [3.63, 3.8) is 0 Å². The highest BCUT2D eigenvalue weighted by Gasteiger charge is 2.27. The normalized spacial score (nSPS) is 15.6. The molecule has 0 aromatic carbocycles. The molecule has 0 aliphatic carbocycles. The molecule has 7 nitrogen and oxygen atoms in total. The van der Waals surface area contributed by atoms with Crippen LogP contribution in [0, 0.1) is 19.8 Å². The number of fused-ring (bicyclic) bond motifs is 1. The molecule has 0 radical (unpaired) electrons. The molecular weight excluding hydrogens is 348 g/mol. The van der Waals surface area contributed by atoms with Gasteiger partial charge >= 0.3 is 0 Å². The second-order valence-electron chi connectivity index (χ2n) is 6.79. The third kappa shape index (κ3) is 3.05. The number of nitrogens with one attached hydrogen (secondary N) is 1. The Morgan fingerprint density at radius 3 is 2.73 bits per heavy atom. The Hall–Kier alpha value is -2.48. The largest absolute Gasteiger partial charge is 0.356 e. The summed E-state index contributed by atoms with van der Waals surface area (Å²) in [5, 5.41) is 8.29. The summed E-state index contributed by atoms with van der Waals surface area (Å²) in [6.07, 6.45) is 5.09. The number of aromatic nitrogens is 4. The van der Waals surface area contributed by atoms with Crippen molar-refractivity contribution in [2.24, 2.45) is 13.0 Å². The lowest BCUT2D eigenvalue weighted by atomic mass is 9.95. The number of rotatable bonds is 3. The Morgan fingerprint density at radius 2 is 2.04 bits per heavy atom. The molecule has 1 aliphatic heterocycles. The maximum Gasteiger partial charge on any atom is 0.228 e. The minimum atomic E-state index is 0.0101. The van der Waals surface area contributed by atoms with Crippen LogP contribution in [0.3, 0.4) is 0 Å². The van der Waals surface area contributed by atoms with E-state index in [4.69, 9.17) is 0 Å². The van der Waals surface area contributed by atoms with E-state index in [2.05, 4.69) is 39.1 Å². The number of piperidine rings is 1. The van der Waals surface area contributed by atoms with Crippen LogP contribution < -0.4 is 10.2 Å². The van der Waals surface area contributed by atoms with E-state index in [1.807, 2.05) is 19.3 Å². The number of carbonyl (C=O) groups is 1. The van der Waals surface area contributed by atoms with E-state index in [1.54, 1.807) is 22.3 Å². The van der Waals surface area contributed by atoms with Crippen LogP contribution in [0.1, 0.15) is 23.3 Å². The van der Waals surface area contributed by atoms with Gasteiger partial charge in [-0.1, -0.05) is 0 Å². The second-order valence-corrected chi connectivity index (χ2v) is 7.99. The Kier molecular flexibility index (Phi) is 4.36. The number of amides is 1. The van der Waals surface area contributed by atoms with Gasteiger partial charge in [-0.05, 0) is 32.3 Å². The smallest absolute Gasteiger partial charge is 0.228 e. The van der Waals surface area contributed by atoms with E-state index in [0.717, 1.165) is 42.0 Å². The summed E-state index contributed by atoms with van der Waals surface area (Å²) in [5.41, 5.74) is 1.26. The van der Waals surface area contributed by atoms with Crippen LogP contribution in [0.5, 0.6) is 0 Å². The Labute approximate surface area is 156 Å². The lowest BCUT2D eigenvalue weighted by Crippen LogP contribution is -2.38. The predicted molar refractivity (Wildman–Crippen MR) is 104 cm³/mol. The zero-order valence-electron chi connectivity index (χ0n) is 15.2. The number of carbonyl (C=O) groups excluding carboxylic acids is 1. The number of hydrogen-bond acceptors (Lipinski definition) is 6. The van der Waals surface area contributed by atoms with Crippen molar-refractivity contribution >= 4 is 39.1 Å². The highest BCUT2D eigenvalue weighted by molar-refractivity contribution is 7.18. The summed E-state index contributed by atoms with van der Waals surface area (Å²) in [7, 11) is 1.84. The lowest BCUT2D eigenvalue weighted by molar-refractivity contribution is -0.120.